The predicted molar refractivity (Wildman–Crippen MR) is 51.1 cm³/mol. The van der Waals surface area contributed by atoms with Crippen LogP contribution in [-0.2, 0) is 0 Å². The van der Waals surface area contributed by atoms with Gasteiger partial charge in [0.15, 0.2) is 0 Å². The van der Waals surface area contributed by atoms with Gasteiger partial charge < -0.3 is 5.73 Å². The maximum atomic E-state index is 5.46. The molecule has 0 radical (unpaired) electrons. The highest BCUT2D eigenvalue weighted by Gasteiger charge is 2.00. The molecule has 0 fully saturated rings. The van der Waals surface area contributed by atoms with E-state index in [0.717, 1.165) is 5.70 Å². The summed E-state index contributed by atoms with van der Waals surface area (Å²) in [7, 11) is 0. The van der Waals surface area contributed by atoms with Crippen molar-refractivity contribution in [3.63, 3.8) is 0 Å². The molecule has 0 amide bonds. The molecule has 1 nitrogen and oxygen atoms in total. The molecule has 0 aromatic rings. The molecule has 0 rings (SSSR count). The van der Waals surface area contributed by atoms with Crippen LogP contribution in [0.2, 0.25) is 0 Å². The average molecular weight is 153 g/mol. The molecular formula is C10H19N. The van der Waals surface area contributed by atoms with Crippen molar-refractivity contribution >= 4 is 0 Å². The first-order chi connectivity index (χ1) is 5.04. The van der Waals surface area contributed by atoms with E-state index in [1.807, 2.05) is 19.1 Å². The zero-order valence-electron chi connectivity index (χ0n) is 7.96. The van der Waals surface area contributed by atoms with E-state index < -0.39 is 0 Å². The summed E-state index contributed by atoms with van der Waals surface area (Å²) in [5, 5.41) is 0. The van der Waals surface area contributed by atoms with Crippen molar-refractivity contribution in [3.05, 3.63) is 23.9 Å². The van der Waals surface area contributed by atoms with Crippen molar-refractivity contribution in [2.75, 3.05) is 0 Å². The number of rotatable bonds is 3. The Hall–Kier alpha value is -0.720. The molecule has 1 heteroatoms. The van der Waals surface area contributed by atoms with Gasteiger partial charge in [0.1, 0.15) is 0 Å². The highest BCUT2D eigenvalue weighted by molar-refractivity contribution is 5.08. The van der Waals surface area contributed by atoms with Crippen LogP contribution in [-0.4, -0.2) is 0 Å². The molecule has 0 aromatic heterocycles. The summed E-state index contributed by atoms with van der Waals surface area (Å²) in [4.78, 5) is 0. The number of nitrogens with two attached hydrogens (primary N) is 1. The number of hydrogen-bond acceptors (Lipinski definition) is 1. The van der Waals surface area contributed by atoms with Gasteiger partial charge in [-0.3, -0.25) is 0 Å². The maximum Gasteiger partial charge on any atom is 0.00487 e. The molecule has 2 N–H and O–H groups in total. The Kier molecular flexibility index (Phi) is 4.67. The Balaban J connectivity index is 3.84. The number of allylic oxidation sites excluding steroid dienone is 4. The quantitative estimate of drug-likeness (QED) is 0.620. The van der Waals surface area contributed by atoms with Gasteiger partial charge in [-0.1, -0.05) is 32.9 Å². The maximum absolute atomic E-state index is 5.46. The minimum absolute atomic E-state index is 0.630. The van der Waals surface area contributed by atoms with Crippen LogP contribution in [0.3, 0.4) is 0 Å². The molecule has 0 aliphatic heterocycles. The van der Waals surface area contributed by atoms with E-state index in [4.69, 9.17) is 5.73 Å². The SMILES string of the molecule is C/C(N)=C\C=C/C(C)C(C)C. The fourth-order valence-corrected chi connectivity index (χ4v) is 0.605. The molecule has 64 valence electrons. The van der Waals surface area contributed by atoms with Crippen LogP contribution in [0.25, 0.3) is 0 Å². The minimum Gasteiger partial charge on any atom is -0.402 e. The highest BCUT2D eigenvalue weighted by Crippen LogP contribution is 2.10. The molecule has 0 heterocycles. The van der Waals surface area contributed by atoms with Crippen LogP contribution >= 0.6 is 0 Å². The van der Waals surface area contributed by atoms with Gasteiger partial charge in [0.25, 0.3) is 0 Å². The average Bonchev–Trinajstić information content (AvgIpc) is 1.86. The Morgan fingerprint density at radius 1 is 1.27 bits per heavy atom. The van der Waals surface area contributed by atoms with Crippen LogP contribution in [0.15, 0.2) is 23.9 Å². The second-order valence-corrected chi connectivity index (χ2v) is 3.40. The van der Waals surface area contributed by atoms with E-state index in [9.17, 15) is 0 Å². The van der Waals surface area contributed by atoms with E-state index >= 15 is 0 Å². The van der Waals surface area contributed by atoms with Gasteiger partial charge in [-0.25, -0.2) is 0 Å². The summed E-state index contributed by atoms with van der Waals surface area (Å²) < 4.78 is 0. The van der Waals surface area contributed by atoms with Crippen molar-refractivity contribution in [3.8, 4) is 0 Å². The third kappa shape index (κ3) is 5.71. The minimum atomic E-state index is 0.630. The van der Waals surface area contributed by atoms with Gasteiger partial charge in [-0.15, -0.1) is 0 Å². The van der Waals surface area contributed by atoms with Gasteiger partial charge in [0.2, 0.25) is 0 Å². The van der Waals surface area contributed by atoms with Crippen LogP contribution in [0, 0.1) is 11.8 Å². The molecule has 0 saturated carbocycles. The van der Waals surface area contributed by atoms with Crippen LogP contribution in [0.1, 0.15) is 27.7 Å². The summed E-state index contributed by atoms with van der Waals surface area (Å²) in [5.74, 6) is 1.34. The second-order valence-electron chi connectivity index (χ2n) is 3.40. The lowest BCUT2D eigenvalue weighted by Crippen LogP contribution is -1.98. The van der Waals surface area contributed by atoms with Crippen molar-refractivity contribution in [2.45, 2.75) is 27.7 Å². The van der Waals surface area contributed by atoms with E-state index in [2.05, 4.69) is 26.8 Å². The monoisotopic (exact) mass is 153 g/mol. The summed E-state index contributed by atoms with van der Waals surface area (Å²) in [6, 6.07) is 0. The Bertz CT molecular complexity index is 150. The molecule has 1 unspecified atom stereocenters. The second kappa shape index (κ2) is 5.00. The largest absolute Gasteiger partial charge is 0.402 e. The van der Waals surface area contributed by atoms with Gasteiger partial charge >= 0.3 is 0 Å². The third-order valence-corrected chi connectivity index (χ3v) is 1.83. The third-order valence-electron chi connectivity index (χ3n) is 1.83. The Morgan fingerprint density at radius 2 is 1.82 bits per heavy atom. The van der Waals surface area contributed by atoms with Gasteiger partial charge in [0.05, 0.1) is 0 Å². The smallest absolute Gasteiger partial charge is 0.00487 e. The van der Waals surface area contributed by atoms with Gasteiger partial charge in [-0.05, 0) is 24.8 Å². The Morgan fingerprint density at radius 3 is 2.18 bits per heavy atom. The molecule has 0 aliphatic rings. The zero-order valence-corrected chi connectivity index (χ0v) is 7.96. The normalized spacial score (nSPS) is 16.3. The van der Waals surface area contributed by atoms with Crippen molar-refractivity contribution in [2.24, 2.45) is 17.6 Å². The highest BCUT2D eigenvalue weighted by atomic mass is 14.5. The lowest BCUT2D eigenvalue weighted by Gasteiger charge is -2.08. The molecule has 11 heavy (non-hydrogen) atoms. The molecule has 0 aromatic carbocycles. The molecule has 0 spiro atoms. The lowest BCUT2D eigenvalue weighted by molar-refractivity contribution is 0.504. The van der Waals surface area contributed by atoms with Crippen LogP contribution in [0.5, 0.6) is 0 Å². The first-order valence-corrected chi connectivity index (χ1v) is 4.14. The molecule has 1 atom stereocenters. The lowest BCUT2D eigenvalue weighted by atomic mass is 9.98. The number of hydrogen-bond donors (Lipinski definition) is 1. The topological polar surface area (TPSA) is 26.0 Å². The first kappa shape index (κ1) is 10.3. The fraction of sp³-hybridized carbons (Fsp3) is 0.600. The van der Waals surface area contributed by atoms with Gasteiger partial charge in [-0.2, -0.15) is 0 Å². The van der Waals surface area contributed by atoms with Crippen molar-refractivity contribution in [1.29, 1.82) is 0 Å². The fourth-order valence-electron chi connectivity index (χ4n) is 0.605. The van der Waals surface area contributed by atoms with E-state index in [1.54, 1.807) is 0 Å². The van der Waals surface area contributed by atoms with Crippen molar-refractivity contribution in [1.82, 2.24) is 0 Å². The summed E-state index contributed by atoms with van der Waals surface area (Å²) in [6.45, 7) is 8.54. The summed E-state index contributed by atoms with van der Waals surface area (Å²) >= 11 is 0. The zero-order chi connectivity index (χ0) is 8.85. The standard InChI is InChI=1S/C10H19N/c1-8(2)9(3)6-5-7-10(4)11/h5-9H,11H2,1-4H3/b6-5-,10-7+. The molecule has 0 aliphatic carbocycles. The predicted octanol–water partition coefficient (Wildman–Crippen LogP) is 2.70. The van der Waals surface area contributed by atoms with E-state index in [0.29, 0.717) is 11.8 Å². The molecular weight excluding hydrogens is 134 g/mol. The van der Waals surface area contributed by atoms with E-state index in [-0.39, 0.29) is 0 Å². The van der Waals surface area contributed by atoms with Crippen LogP contribution in [0.4, 0.5) is 0 Å². The summed E-state index contributed by atoms with van der Waals surface area (Å²) in [5.41, 5.74) is 6.32. The van der Waals surface area contributed by atoms with Crippen molar-refractivity contribution < 1.29 is 0 Å². The Labute approximate surface area is 70.0 Å². The van der Waals surface area contributed by atoms with Gasteiger partial charge in [0, 0.05) is 5.70 Å². The summed E-state index contributed by atoms with van der Waals surface area (Å²) in [6.07, 6.45) is 6.14. The molecule has 0 bridgehead atoms. The van der Waals surface area contributed by atoms with Crippen LogP contribution < -0.4 is 5.73 Å². The first-order valence-electron chi connectivity index (χ1n) is 4.14. The molecule has 0 saturated heterocycles. The van der Waals surface area contributed by atoms with E-state index in [1.165, 1.54) is 0 Å².